The van der Waals surface area contributed by atoms with Crippen molar-refractivity contribution in [1.29, 1.82) is 0 Å². The van der Waals surface area contributed by atoms with Crippen LogP contribution < -0.4 is 4.72 Å². The Morgan fingerprint density at radius 2 is 1.81 bits per heavy atom. The zero-order chi connectivity index (χ0) is 22.2. The molecule has 1 aromatic heterocycles. The van der Waals surface area contributed by atoms with Crippen molar-refractivity contribution in [3.05, 3.63) is 29.0 Å². The lowest BCUT2D eigenvalue weighted by Crippen LogP contribution is -2.31. The molecule has 170 valence electrons. The molecule has 1 aliphatic heterocycles. The Bertz CT molecular complexity index is 1080. The number of nitrogens with one attached hydrogen (secondary N) is 2. The Balaban J connectivity index is 1.49. The summed E-state index contributed by atoms with van der Waals surface area (Å²) < 4.78 is 28.8. The van der Waals surface area contributed by atoms with Crippen molar-refractivity contribution in [1.82, 2.24) is 14.6 Å². The molecule has 0 amide bonds. The van der Waals surface area contributed by atoms with E-state index in [4.69, 9.17) is 0 Å². The number of aromatic amines is 1. The van der Waals surface area contributed by atoms with Crippen molar-refractivity contribution in [2.24, 2.45) is 5.41 Å². The number of sulfonamides is 1. The summed E-state index contributed by atoms with van der Waals surface area (Å²) in [6.07, 6.45) is 7.20. The molecular weight excluding hydrogens is 410 g/mol. The number of rotatable bonds is 6. The third-order valence-electron chi connectivity index (χ3n) is 6.68. The fraction of sp³-hybridized carbons (Fsp3) is 0.625. The first-order valence-corrected chi connectivity index (χ1v) is 13.1. The quantitative estimate of drug-likeness (QED) is 0.654. The van der Waals surface area contributed by atoms with Crippen molar-refractivity contribution in [3.63, 3.8) is 0 Å². The Hall–Kier alpha value is -1.70. The van der Waals surface area contributed by atoms with Crippen molar-refractivity contribution in [3.8, 4) is 0 Å². The van der Waals surface area contributed by atoms with Gasteiger partial charge in [-0.25, -0.2) is 13.1 Å². The first kappa shape index (κ1) is 22.5. The fourth-order valence-electron chi connectivity index (χ4n) is 5.14. The van der Waals surface area contributed by atoms with Gasteiger partial charge in [0.05, 0.1) is 4.90 Å². The number of aryl methyl sites for hydroxylation is 1. The minimum absolute atomic E-state index is 0.0795. The van der Waals surface area contributed by atoms with Crippen molar-refractivity contribution < 1.29 is 13.2 Å². The summed E-state index contributed by atoms with van der Waals surface area (Å²) in [5.74, 6) is 0.138. The number of aromatic nitrogens is 1. The standard InChI is InChI=1S/C24H35N3O3S/c1-17-13-18-19(26-20-15-24(2,3)16-21(28)23(18)20)14-22(17)31(29,30)25-9-8-12-27-10-6-4-5-7-11-27/h13-14,25-26H,4-12,15-16H2,1-3H3. The molecule has 7 heteroatoms. The maximum Gasteiger partial charge on any atom is 0.240 e. The van der Waals surface area contributed by atoms with Crippen LogP contribution in [0.5, 0.6) is 0 Å². The molecule has 0 saturated carbocycles. The molecule has 0 spiro atoms. The molecule has 2 N–H and O–H groups in total. The number of carbonyl (C=O) groups excluding carboxylic acids is 1. The summed E-state index contributed by atoms with van der Waals surface area (Å²) in [6.45, 7) is 9.60. The van der Waals surface area contributed by atoms with Gasteiger partial charge in [-0.1, -0.05) is 26.7 Å². The second-order valence-electron chi connectivity index (χ2n) is 10.1. The summed E-state index contributed by atoms with van der Waals surface area (Å²) in [6, 6.07) is 3.55. The predicted molar refractivity (Wildman–Crippen MR) is 124 cm³/mol. The maximum absolute atomic E-state index is 13.0. The van der Waals surface area contributed by atoms with Crippen molar-refractivity contribution >= 4 is 26.7 Å². The third kappa shape index (κ3) is 4.89. The number of H-pyrrole nitrogens is 1. The maximum atomic E-state index is 13.0. The fourth-order valence-corrected chi connectivity index (χ4v) is 6.46. The van der Waals surface area contributed by atoms with E-state index in [0.29, 0.717) is 23.4 Å². The molecule has 2 aliphatic rings. The number of carbonyl (C=O) groups is 1. The monoisotopic (exact) mass is 445 g/mol. The van der Waals surface area contributed by atoms with E-state index in [2.05, 4.69) is 28.5 Å². The molecule has 31 heavy (non-hydrogen) atoms. The second-order valence-corrected chi connectivity index (χ2v) is 11.8. The highest BCUT2D eigenvalue weighted by atomic mass is 32.2. The largest absolute Gasteiger partial charge is 0.358 e. The van der Waals surface area contributed by atoms with Crippen LogP contribution in [0.1, 0.15) is 74.0 Å². The van der Waals surface area contributed by atoms with Gasteiger partial charge in [-0.05, 0) is 75.4 Å². The Kier molecular flexibility index (Phi) is 6.30. The molecule has 1 saturated heterocycles. The van der Waals surface area contributed by atoms with E-state index in [1.165, 1.54) is 25.7 Å². The molecule has 0 bridgehead atoms. The van der Waals surface area contributed by atoms with Gasteiger partial charge in [0.1, 0.15) is 0 Å². The van der Waals surface area contributed by atoms with Crippen molar-refractivity contribution in [2.75, 3.05) is 26.2 Å². The molecule has 1 fully saturated rings. The van der Waals surface area contributed by atoms with E-state index >= 15 is 0 Å². The molecule has 0 atom stereocenters. The van der Waals surface area contributed by atoms with Crippen LogP contribution >= 0.6 is 0 Å². The van der Waals surface area contributed by atoms with Gasteiger partial charge in [0, 0.05) is 35.1 Å². The third-order valence-corrected chi connectivity index (χ3v) is 8.28. The summed E-state index contributed by atoms with van der Waals surface area (Å²) in [5.41, 5.74) is 2.99. The van der Waals surface area contributed by atoms with Crippen LogP contribution in [-0.2, 0) is 16.4 Å². The van der Waals surface area contributed by atoms with E-state index in [-0.39, 0.29) is 11.2 Å². The summed E-state index contributed by atoms with van der Waals surface area (Å²) in [5, 5.41) is 0.841. The average Bonchev–Trinajstić information content (AvgIpc) is 2.84. The van der Waals surface area contributed by atoms with Gasteiger partial charge < -0.3 is 9.88 Å². The highest BCUT2D eigenvalue weighted by Crippen LogP contribution is 2.38. The number of likely N-dealkylation sites (tertiary alicyclic amines) is 1. The zero-order valence-electron chi connectivity index (χ0n) is 19.0. The van der Waals surface area contributed by atoms with Gasteiger partial charge in [0.15, 0.2) is 5.78 Å². The number of hydrogen-bond donors (Lipinski definition) is 2. The SMILES string of the molecule is Cc1cc2c3c([nH]c2cc1S(=O)(=O)NCCCN1CCCCCC1)CC(C)(C)CC3=O. The van der Waals surface area contributed by atoms with E-state index in [9.17, 15) is 13.2 Å². The molecular formula is C24H35N3O3S. The molecule has 0 radical (unpaired) electrons. The van der Waals surface area contributed by atoms with E-state index < -0.39 is 10.0 Å². The van der Waals surface area contributed by atoms with Crippen LogP contribution in [0.2, 0.25) is 0 Å². The van der Waals surface area contributed by atoms with E-state index in [0.717, 1.165) is 54.6 Å². The molecule has 1 aromatic carbocycles. The number of fused-ring (bicyclic) bond motifs is 3. The normalized spacial score (nSPS) is 20.0. The van der Waals surface area contributed by atoms with E-state index in [1.54, 1.807) is 6.07 Å². The van der Waals surface area contributed by atoms with Gasteiger partial charge in [0.25, 0.3) is 0 Å². The topological polar surface area (TPSA) is 82.3 Å². The minimum Gasteiger partial charge on any atom is -0.358 e. The summed E-state index contributed by atoms with van der Waals surface area (Å²) >= 11 is 0. The Morgan fingerprint density at radius 3 is 2.52 bits per heavy atom. The number of ketones is 1. The molecule has 4 rings (SSSR count). The lowest BCUT2D eigenvalue weighted by molar-refractivity contribution is 0.0913. The lowest BCUT2D eigenvalue weighted by atomic mass is 9.76. The predicted octanol–water partition coefficient (Wildman–Crippen LogP) is 4.18. The zero-order valence-corrected chi connectivity index (χ0v) is 19.8. The molecule has 2 heterocycles. The van der Waals surface area contributed by atoms with Crippen LogP contribution in [-0.4, -0.2) is 50.3 Å². The smallest absolute Gasteiger partial charge is 0.240 e. The highest BCUT2D eigenvalue weighted by Gasteiger charge is 2.34. The van der Waals surface area contributed by atoms with Crippen LogP contribution in [0.4, 0.5) is 0 Å². The Labute approximate surface area is 185 Å². The lowest BCUT2D eigenvalue weighted by Gasteiger charge is -2.28. The van der Waals surface area contributed by atoms with Gasteiger partial charge in [-0.3, -0.25) is 4.79 Å². The van der Waals surface area contributed by atoms with Gasteiger partial charge in [-0.2, -0.15) is 0 Å². The number of nitrogens with zero attached hydrogens (tertiary/aromatic N) is 1. The van der Waals surface area contributed by atoms with Crippen LogP contribution in [0.25, 0.3) is 10.9 Å². The Morgan fingerprint density at radius 1 is 1.10 bits per heavy atom. The molecule has 6 nitrogen and oxygen atoms in total. The minimum atomic E-state index is -3.60. The summed E-state index contributed by atoms with van der Waals surface area (Å²) in [7, 11) is -3.60. The van der Waals surface area contributed by atoms with E-state index in [1.807, 2.05) is 13.0 Å². The van der Waals surface area contributed by atoms with Gasteiger partial charge in [-0.15, -0.1) is 0 Å². The number of hydrogen-bond acceptors (Lipinski definition) is 4. The molecule has 2 aromatic rings. The van der Waals surface area contributed by atoms with Crippen molar-refractivity contribution in [2.45, 2.75) is 70.6 Å². The number of Topliss-reactive ketones (excluding diaryl/α,β-unsaturated/α-hetero) is 1. The molecule has 0 unspecified atom stereocenters. The first-order chi connectivity index (χ1) is 14.7. The van der Waals surface area contributed by atoms with Crippen LogP contribution in [0.3, 0.4) is 0 Å². The highest BCUT2D eigenvalue weighted by molar-refractivity contribution is 7.89. The number of benzene rings is 1. The summed E-state index contributed by atoms with van der Waals surface area (Å²) in [4.78, 5) is 18.8. The van der Waals surface area contributed by atoms with Crippen LogP contribution in [0.15, 0.2) is 17.0 Å². The average molecular weight is 446 g/mol. The molecule has 1 aliphatic carbocycles. The van der Waals surface area contributed by atoms with Gasteiger partial charge >= 0.3 is 0 Å². The first-order valence-electron chi connectivity index (χ1n) is 11.6. The van der Waals surface area contributed by atoms with Gasteiger partial charge in [0.2, 0.25) is 10.0 Å². The second kappa shape index (κ2) is 8.68. The van der Waals surface area contributed by atoms with Crippen LogP contribution in [0, 0.1) is 12.3 Å².